The van der Waals surface area contributed by atoms with Crippen molar-refractivity contribution in [3.63, 3.8) is 0 Å². The van der Waals surface area contributed by atoms with Gasteiger partial charge >= 0.3 is 0 Å². The molecule has 0 saturated carbocycles. The molecule has 1 aromatic carbocycles. The lowest BCUT2D eigenvalue weighted by atomic mass is 10.1. The van der Waals surface area contributed by atoms with Gasteiger partial charge in [-0.05, 0) is 18.4 Å². The maximum atomic E-state index is 12.0. The Labute approximate surface area is 132 Å². The topological polar surface area (TPSA) is 58.6 Å². The van der Waals surface area contributed by atoms with Gasteiger partial charge in [-0.25, -0.2) is 0 Å². The number of para-hydroxylation sites is 1. The SMILES string of the molecule is COc1ccccc1CNC(=O)CN(CCC(C)C)C(C)=O. The maximum Gasteiger partial charge on any atom is 0.239 e. The van der Waals surface area contributed by atoms with E-state index in [2.05, 4.69) is 19.2 Å². The number of hydrogen-bond acceptors (Lipinski definition) is 3. The largest absolute Gasteiger partial charge is 0.496 e. The van der Waals surface area contributed by atoms with Crippen LogP contribution in [0, 0.1) is 5.92 Å². The van der Waals surface area contributed by atoms with Crippen LogP contribution in [-0.2, 0) is 16.1 Å². The predicted molar refractivity (Wildman–Crippen MR) is 86.5 cm³/mol. The Morgan fingerprint density at radius 2 is 1.95 bits per heavy atom. The van der Waals surface area contributed by atoms with Crippen LogP contribution in [0.4, 0.5) is 0 Å². The van der Waals surface area contributed by atoms with E-state index in [0.29, 0.717) is 19.0 Å². The standard InChI is InChI=1S/C17H26N2O3/c1-13(2)9-10-19(14(3)20)12-17(21)18-11-15-7-5-6-8-16(15)22-4/h5-8,13H,9-12H2,1-4H3,(H,18,21). The lowest BCUT2D eigenvalue weighted by molar-refractivity contribution is -0.134. The smallest absolute Gasteiger partial charge is 0.239 e. The fourth-order valence-electron chi connectivity index (χ4n) is 2.03. The third-order valence-electron chi connectivity index (χ3n) is 3.42. The summed E-state index contributed by atoms with van der Waals surface area (Å²) < 4.78 is 5.25. The van der Waals surface area contributed by atoms with Crippen molar-refractivity contribution in [3.8, 4) is 5.75 Å². The molecule has 22 heavy (non-hydrogen) atoms. The van der Waals surface area contributed by atoms with E-state index in [9.17, 15) is 9.59 Å². The van der Waals surface area contributed by atoms with Gasteiger partial charge in [-0.15, -0.1) is 0 Å². The van der Waals surface area contributed by atoms with Crippen LogP contribution in [0.5, 0.6) is 5.75 Å². The van der Waals surface area contributed by atoms with Crippen LogP contribution < -0.4 is 10.1 Å². The van der Waals surface area contributed by atoms with Crippen molar-refractivity contribution in [2.45, 2.75) is 33.7 Å². The van der Waals surface area contributed by atoms with Crippen molar-refractivity contribution >= 4 is 11.8 Å². The maximum absolute atomic E-state index is 12.0. The number of carbonyl (C=O) groups is 2. The first-order valence-corrected chi connectivity index (χ1v) is 7.58. The van der Waals surface area contributed by atoms with Crippen LogP contribution in [0.2, 0.25) is 0 Å². The number of nitrogens with one attached hydrogen (secondary N) is 1. The first-order valence-electron chi connectivity index (χ1n) is 7.58. The molecule has 1 N–H and O–H groups in total. The number of carbonyl (C=O) groups excluding carboxylic acids is 2. The van der Waals surface area contributed by atoms with Gasteiger partial charge < -0.3 is 15.0 Å². The quantitative estimate of drug-likeness (QED) is 0.801. The lowest BCUT2D eigenvalue weighted by Crippen LogP contribution is -2.40. The number of ether oxygens (including phenoxy) is 1. The third-order valence-corrected chi connectivity index (χ3v) is 3.42. The summed E-state index contributed by atoms with van der Waals surface area (Å²) in [5.41, 5.74) is 0.912. The zero-order valence-corrected chi connectivity index (χ0v) is 13.9. The van der Waals surface area contributed by atoms with E-state index in [1.165, 1.54) is 6.92 Å². The third kappa shape index (κ3) is 6.16. The highest BCUT2D eigenvalue weighted by atomic mass is 16.5. The van der Waals surface area contributed by atoms with Gasteiger partial charge in [0.15, 0.2) is 0 Å². The number of benzene rings is 1. The Hall–Kier alpha value is -2.04. The van der Waals surface area contributed by atoms with Gasteiger partial charge in [0.25, 0.3) is 0 Å². The Morgan fingerprint density at radius 1 is 1.27 bits per heavy atom. The highest BCUT2D eigenvalue weighted by Gasteiger charge is 2.14. The molecule has 0 aliphatic rings. The molecule has 0 aliphatic carbocycles. The Morgan fingerprint density at radius 3 is 2.55 bits per heavy atom. The molecule has 0 radical (unpaired) electrons. The fraction of sp³-hybridized carbons (Fsp3) is 0.529. The number of amides is 2. The van der Waals surface area contributed by atoms with E-state index in [1.54, 1.807) is 12.0 Å². The van der Waals surface area contributed by atoms with E-state index in [1.807, 2.05) is 24.3 Å². The molecule has 1 aromatic rings. The minimum absolute atomic E-state index is 0.0758. The van der Waals surface area contributed by atoms with Crippen LogP contribution in [0.3, 0.4) is 0 Å². The van der Waals surface area contributed by atoms with E-state index in [0.717, 1.165) is 17.7 Å². The average Bonchev–Trinajstić information content (AvgIpc) is 2.49. The number of nitrogens with zero attached hydrogens (tertiary/aromatic N) is 1. The summed E-state index contributed by atoms with van der Waals surface area (Å²) in [5.74, 6) is 1.00. The Balaban J connectivity index is 2.51. The molecule has 0 fully saturated rings. The molecule has 0 aliphatic heterocycles. The van der Waals surface area contributed by atoms with Crippen molar-refractivity contribution in [1.82, 2.24) is 10.2 Å². The highest BCUT2D eigenvalue weighted by Crippen LogP contribution is 2.16. The molecule has 0 heterocycles. The molecule has 0 atom stereocenters. The average molecular weight is 306 g/mol. The van der Waals surface area contributed by atoms with Gasteiger partial charge in [-0.2, -0.15) is 0 Å². The van der Waals surface area contributed by atoms with Crippen molar-refractivity contribution in [3.05, 3.63) is 29.8 Å². The molecule has 1 rings (SSSR count). The van der Waals surface area contributed by atoms with E-state index in [-0.39, 0.29) is 18.4 Å². The Kier molecular flexibility index (Phi) is 7.43. The van der Waals surface area contributed by atoms with Crippen molar-refractivity contribution in [1.29, 1.82) is 0 Å². The van der Waals surface area contributed by atoms with Crippen molar-refractivity contribution < 1.29 is 14.3 Å². The van der Waals surface area contributed by atoms with Crippen LogP contribution in [0.25, 0.3) is 0 Å². The summed E-state index contributed by atoms with van der Waals surface area (Å²) in [7, 11) is 1.60. The van der Waals surface area contributed by atoms with Crippen LogP contribution in [-0.4, -0.2) is 36.9 Å². The van der Waals surface area contributed by atoms with Gasteiger partial charge in [-0.1, -0.05) is 32.0 Å². The van der Waals surface area contributed by atoms with Gasteiger partial charge in [0, 0.05) is 25.6 Å². The fourth-order valence-corrected chi connectivity index (χ4v) is 2.03. The van der Waals surface area contributed by atoms with Gasteiger partial charge in [0.05, 0.1) is 13.7 Å². The normalized spacial score (nSPS) is 10.4. The van der Waals surface area contributed by atoms with Crippen LogP contribution >= 0.6 is 0 Å². The number of methoxy groups -OCH3 is 1. The zero-order chi connectivity index (χ0) is 16.5. The van der Waals surface area contributed by atoms with Crippen LogP contribution in [0.15, 0.2) is 24.3 Å². The molecule has 0 saturated heterocycles. The van der Waals surface area contributed by atoms with E-state index in [4.69, 9.17) is 4.74 Å². The Bertz CT molecular complexity index is 500. The molecule has 5 nitrogen and oxygen atoms in total. The monoisotopic (exact) mass is 306 g/mol. The first-order chi connectivity index (χ1) is 10.4. The zero-order valence-electron chi connectivity index (χ0n) is 13.9. The molecule has 0 bridgehead atoms. The summed E-state index contributed by atoms with van der Waals surface area (Å²) in [6, 6.07) is 7.54. The summed E-state index contributed by atoms with van der Waals surface area (Å²) in [6.45, 7) is 6.78. The van der Waals surface area contributed by atoms with E-state index < -0.39 is 0 Å². The molecule has 2 amide bonds. The minimum Gasteiger partial charge on any atom is -0.496 e. The molecular formula is C17H26N2O3. The summed E-state index contributed by atoms with van der Waals surface area (Å²) in [6.07, 6.45) is 0.888. The second-order valence-electron chi connectivity index (χ2n) is 5.71. The molecule has 122 valence electrons. The number of hydrogen-bond donors (Lipinski definition) is 1. The predicted octanol–water partition coefficient (Wildman–Crippen LogP) is 2.21. The molecular weight excluding hydrogens is 280 g/mol. The van der Waals surface area contributed by atoms with E-state index >= 15 is 0 Å². The van der Waals surface area contributed by atoms with Crippen molar-refractivity contribution in [2.75, 3.05) is 20.2 Å². The van der Waals surface area contributed by atoms with Crippen molar-refractivity contribution in [2.24, 2.45) is 5.92 Å². The lowest BCUT2D eigenvalue weighted by Gasteiger charge is -2.21. The minimum atomic E-state index is -0.162. The number of rotatable bonds is 8. The molecule has 0 unspecified atom stereocenters. The summed E-state index contributed by atoms with van der Waals surface area (Å²) in [5, 5.41) is 2.83. The summed E-state index contributed by atoms with van der Waals surface area (Å²) >= 11 is 0. The highest BCUT2D eigenvalue weighted by molar-refractivity contribution is 5.83. The van der Waals surface area contributed by atoms with Gasteiger partial charge in [0.1, 0.15) is 5.75 Å². The molecule has 5 heteroatoms. The van der Waals surface area contributed by atoms with Crippen LogP contribution in [0.1, 0.15) is 32.8 Å². The molecule has 0 spiro atoms. The van der Waals surface area contributed by atoms with Gasteiger partial charge in [-0.3, -0.25) is 9.59 Å². The summed E-state index contributed by atoms with van der Waals surface area (Å²) in [4.78, 5) is 25.2. The van der Waals surface area contributed by atoms with Gasteiger partial charge in [0.2, 0.25) is 11.8 Å². The second-order valence-corrected chi connectivity index (χ2v) is 5.71. The second kappa shape index (κ2) is 9.07. The molecule has 0 aromatic heterocycles. The first kappa shape index (κ1) is 18.0.